The zero-order chi connectivity index (χ0) is 20.7. The maximum atomic E-state index is 13.8. The van der Waals surface area contributed by atoms with Gasteiger partial charge in [-0.1, -0.05) is 44.2 Å². The van der Waals surface area contributed by atoms with Crippen LogP contribution in [0.15, 0.2) is 54.6 Å². The molecule has 0 saturated carbocycles. The van der Waals surface area contributed by atoms with Gasteiger partial charge in [-0.3, -0.25) is 9.59 Å². The molecule has 0 radical (unpaired) electrons. The van der Waals surface area contributed by atoms with Gasteiger partial charge in [-0.2, -0.15) is 0 Å². The molecule has 0 saturated heterocycles. The number of hydrogen-bond acceptors (Lipinski definition) is 4. The Morgan fingerprint density at radius 3 is 2.14 bits per heavy atom. The Morgan fingerprint density at radius 1 is 0.929 bits per heavy atom. The molecular weight excluding hydrogens is 363 g/mol. The molecule has 0 aliphatic carbocycles. The third-order valence-corrected chi connectivity index (χ3v) is 4.03. The summed E-state index contributed by atoms with van der Waals surface area (Å²) in [7, 11) is 0. The van der Waals surface area contributed by atoms with E-state index in [1.807, 2.05) is 6.07 Å². The second-order valence-corrected chi connectivity index (χ2v) is 6.61. The molecule has 2 rings (SSSR count). The van der Waals surface area contributed by atoms with E-state index in [1.165, 1.54) is 25.1 Å². The Bertz CT molecular complexity index is 839. The molecule has 148 valence electrons. The van der Waals surface area contributed by atoms with Gasteiger partial charge in [0.05, 0.1) is 5.56 Å². The SMILES string of the molecule is CC(C)[C@H](NC(=O)c1ccccc1F)C(=O)O[C@H](C)C(=O)Nc1ccccc1. The second-order valence-electron chi connectivity index (χ2n) is 6.61. The van der Waals surface area contributed by atoms with Crippen molar-refractivity contribution in [3.8, 4) is 0 Å². The zero-order valence-electron chi connectivity index (χ0n) is 15.9. The Balaban J connectivity index is 2.01. The smallest absolute Gasteiger partial charge is 0.329 e. The average Bonchev–Trinajstić information content (AvgIpc) is 2.66. The first kappa shape index (κ1) is 21.1. The van der Waals surface area contributed by atoms with E-state index in [1.54, 1.807) is 38.1 Å². The molecule has 2 N–H and O–H groups in total. The highest BCUT2D eigenvalue weighted by atomic mass is 19.1. The number of hydrogen-bond donors (Lipinski definition) is 2. The number of nitrogens with one attached hydrogen (secondary N) is 2. The number of esters is 1. The van der Waals surface area contributed by atoms with Crippen molar-refractivity contribution >= 4 is 23.5 Å². The highest BCUT2D eigenvalue weighted by molar-refractivity contribution is 5.98. The molecule has 0 unspecified atom stereocenters. The van der Waals surface area contributed by atoms with Gasteiger partial charge in [0.2, 0.25) is 0 Å². The van der Waals surface area contributed by atoms with Crippen molar-refractivity contribution < 1.29 is 23.5 Å². The molecule has 0 spiro atoms. The van der Waals surface area contributed by atoms with Crippen molar-refractivity contribution in [1.29, 1.82) is 0 Å². The van der Waals surface area contributed by atoms with Crippen LogP contribution in [0.2, 0.25) is 0 Å². The third-order valence-electron chi connectivity index (χ3n) is 4.03. The van der Waals surface area contributed by atoms with Crippen molar-refractivity contribution in [2.75, 3.05) is 5.32 Å². The van der Waals surface area contributed by atoms with Crippen LogP contribution in [0.4, 0.5) is 10.1 Å². The molecule has 6 nitrogen and oxygen atoms in total. The third kappa shape index (κ3) is 5.64. The molecule has 2 amide bonds. The number of amides is 2. The summed E-state index contributed by atoms with van der Waals surface area (Å²) in [5.41, 5.74) is 0.402. The van der Waals surface area contributed by atoms with E-state index >= 15 is 0 Å². The molecule has 7 heteroatoms. The van der Waals surface area contributed by atoms with Gasteiger partial charge in [0.15, 0.2) is 6.10 Å². The van der Waals surface area contributed by atoms with E-state index in [0.29, 0.717) is 5.69 Å². The summed E-state index contributed by atoms with van der Waals surface area (Å²) in [6.45, 7) is 4.86. The van der Waals surface area contributed by atoms with E-state index < -0.39 is 35.7 Å². The number of para-hydroxylation sites is 1. The molecule has 0 heterocycles. The van der Waals surface area contributed by atoms with E-state index in [0.717, 1.165) is 6.07 Å². The highest BCUT2D eigenvalue weighted by Crippen LogP contribution is 2.12. The summed E-state index contributed by atoms with van der Waals surface area (Å²) in [4.78, 5) is 37.0. The summed E-state index contributed by atoms with van der Waals surface area (Å²) in [6, 6.07) is 13.2. The summed E-state index contributed by atoms with van der Waals surface area (Å²) < 4.78 is 19.0. The molecule has 0 aliphatic rings. The minimum atomic E-state index is -1.07. The average molecular weight is 386 g/mol. The molecule has 0 aliphatic heterocycles. The number of anilines is 1. The lowest BCUT2D eigenvalue weighted by atomic mass is 10.0. The summed E-state index contributed by atoms with van der Waals surface area (Å²) in [5, 5.41) is 5.12. The van der Waals surface area contributed by atoms with E-state index in [-0.39, 0.29) is 11.5 Å². The molecule has 0 bridgehead atoms. The topological polar surface area (TPSA) is 84.5 Å². The lowest BCUT2D eigenvalue weighted by Crippen LogP contribution is -2.47. The first-order chi connectivity index (χ1) is 13.3. The number of halogens is 1. The molecular formula is C21H23FN2O4. The Labute approximate surface area is 163 Å². The number of carbonyl (C=O) groups is 3. The number of benzene rings is 2. The van der Waals surface area contributed by atoms with Crippen LogP contribution < -0.4 is 10.6 Å². The van der Waals surface area contributed by atoms with Gasteiger partial charge in [0, 0.05) is 5.69 Å². The van der Waals surface area contributed by atoms with Gasteiger partial charge in [-0.05, 0) is 37.1 Å². The maximum absolute atomic E-state index is 13.8. The molecule has 2 aromatic rings. The van der Waals surface area contributed by atoms with Crippen LogP contribution in [0.5, 0.6) is 0 Å². The van der Waals surface area contributed by atoms with Gasteiger partial charge in [-0.15, -0.1) is 0 Å². The first-order valence-corrected chi connectivity index (χ1v) is 8.91. The van der Waals surface area contributed by atoms with Gasteiger partial charge in [0.1, 0.15) is 11.9 Å². The van der Waals surface area contributed by atoms with Gasteiger partial charge >= 0.3 is 5.97 Å². The first-order valence-electron chi connectivity index (χ1n) is 8.91. The molecule has 28 heavy (non-hydrogen) atoms. The fraction of sp³-hybridized carbons (Fsp3) is 0.286. The van der Waals surface area contributed by atoms with Gasteiger partial charge < -0.3 is 15.4 Å². The van der Waals surface area contributed by atoms with Crippen molar-refractivity contribution in [2.45, 2.75) is 32.9 Å². The lowest BCUT2D eigenvalue weighted by molar-refractivity contribution is -0.156. The maximum Gasteiger partial charge on any atom is 0.329 e. The number of ether oxygens (including phenoxy) is 1. The number of carbonyl (C=O) groups excluding carboxylic acids is 3. The minimum Gasteiger partial charge on any atom is -0.451 e. The van der Waals surface area contributed by atoms with E-state index in [4.69, 9.17) is 4.74 Å². The monoisotopic (exact) mass is 386 g/mol. The van der Waals surface area contributed by atoms with Crippen LogP contribution >= 0.6 is 0 Å². The van der Waals surface area contributed by atoms with Gasteiger partial charge in [-0.25, -0.2) is 9.18 Å². The zero-order valence-corrected chi connectivity index (χ0v) is 15.9. The fourth-order valence-electron chi connectivity index (χ4n) is 2.43. The summed E-state index contributed by atoms with van der Waals surface area (Å²) in [6.07, 6.45) is -1.07. The Hall–Kier alpha value is -3.22. The highest BCUT2D eigenvalue weighted by Gasteiger charge is 2.29. The van der Waals surface area contributed by atoms with E-state index in [9.17, 15) is 18.8 Å². The molecule has 0 aromatic heterocycles. The quantitative estimate of drug-likeness (QED) is 0.716. The van der Waals surface area contributed by atoms with Crippen molar-refractivity contribution in [3.63, 3.8) is 0 Å². The van der Waals surface area contributed by atoms with E-state index in [2.05, 4.69) is 10.6 Å². The van der Waals surface area contributed by atoms with Crippen LogP contribution in [0.1, 0.15) is 31.1 Å². The predicted molar refractivity (Wildman–Crippen MR) is 103 cm³/mol. The Kier molecular flexibility index (Phi) is 7.26. The predicted octanol–water partition coefficient (Wildman–Crippen LogP) is 3.15. The van der Waals surface area contributed by atoms with Crippen LogP contribution in [0.3, 0.4) is 0 Å². The largest absolute Gasteiger partial charge is 0.451 e. The van der Waals surface area contributed by atoms with Crippen LogP contribution in [-0.2, 0) is 14.3 Å². The van der Waals surface area contributed by atoms with Crippen molar-refractivity contribution in [2.24, 2.45) is 5.92 Å². The van der Waals surface area contributed by atoms with Crippen LogP contribution in [0.25, 0.3) is 0 Å². The minimum absolute atomic E-state index is 0.171. The summed E-state index contributed by atoms with van der Waals surface area (Å²) in [5.74, 6) is -3.01. The number of rotatable bonds is 7. The fourth-order valence-corrected chi connectivity index (χ4v) is 2.43. The van der Waals surface area contributed by atoms with Crippen LogP contribution in [-0.4, -0.2) is 29.9 Å². The molecule has 0 fully saturated rings. The summed E-state index contributed by atoms with van der Waals surface area (Å²) >= 11 is 0. The molecule has 2 atom stereocenters. The van der Waals surface area contributed by atoms with Gasteiger partial charge in [0.25, 0.3) is 11.8 Å². The lowest BCUT2D eigenvalue weighted by Gasteiger charge is -2.23. The van der Waals surface area contributed by atoms with Crippen molar-refractivity contribution in [3.05, 3.63) is 66.0 Å². The second kappa shape index (κ2) is 9.64. The van der Waals surface area contributed by atoms with Crippen molar-refractivity contribution in [1.82, 2.24) is 5.32 Å². The van der Waals surface area contributed by atoms with Crippen LogP contribution in [0, 0.1) is 11.7 Å². The standard InChI is InChI=1S/C21H23FN2O4/c1-13(2)18(24-20(26)16-11-7-8-12-17(16)22)21(27)28-14(3)19(25)23-15-9-5-4-6-10-15/h4-14,18H,1-3H3,(H,23,25)(H,24,26)/t14-,18+/m1/s1. The molecule has 2 aromatic carbocycles. The normalized spacial score (nSPS) is 12.8. The Morgan fingerprint density at radius 2 is 1.54 bits per heavy atom.